The molecule has 0 atom stereocenters. The van der Waals surface area contributed by atoms with Gasteiger partial charge < -0.3 is 11.1 Å². The number of nitrogens with zero attached hydrogens (tertiary/aromatic N) is 7. The summed E-state index contributed by atoms with van der Waals surface area (Å²) in [5, 5.41) is 8.77. The number of thioether (sulfide) groups is 1. The Morgan fingerprint density at radius 3 is 2.39 bits per heavy atom. The molecule has 9 nitrogen and oxygen atoms in total. The predicted molar refractivity (Wildman–Crippen MR) is 120 cm³/mol. The summed E-state index contributed by atoms with van der Waals surface area (Å²) >= 11 is 1.39. The topological polar surface area (TPSA) is 120 Å². The van der Waals surface area contributed by atoms with E-state index in [1.165, 1.54) is 42.4 Å². The van der Waals surface area contributed by atoms with Gasteiger partial charge in [-0.05, 0) is 48.5 Å². The number of nitrogens with two attached hydrogens (primary N) is 1. The molecule has 5 aromatic rings. The van der Waals surface area contributed by atoms with Crippen LogP contribution in [0.15, 0.2) is 66.1 Å². The Labute approximate surface area is 190 Å². The number of fused-ring (bicyclic) bond motifs is 1. The number of nitrogen functional groups attached to an aromatic ring is 1. The van der Waals surface area contributed by atoms with Gasteiger partial charge in [0.15, 0.2) is 5.65 Å². The summed E-state index contributed by atoms with van der Waals surface area (Å²) in [6, 6.07) is 11.8. The van der Waals surface area contributed by atoms with Gasteiger partial charge in [0.1, 0.15) is 28.8 Å². The second kappa shape index (κ2) is 8.74. The van der Waals surface area contributed by atoms with Gasteiger partial charge in [-0.25, -0.2) is 23.4 Å². The molecular formula is C21H15F2N9S. The van der Waals surface area contributed by atoms with E-state index in [0.29, 0.717) is 33.6 Å². The zero-order valence-corrected chi connectivity index (χ0v) is 17.7. The minimum atomic E-state index is -0.341. The van der Waals surface area contributed by atoms with E-state index in [9.17, 15) is 8.78 Å². The van der Waals surface area contributed by atoms with Gasteiger partial charge in [-0.3, -0.25) is 0 Å². The smallest absolute Gasteiger partial charge is 0.232 e. The lowest BCUT2D eigenvalue weighted by Crippen LogP contribution is -2.06. The van der Waals surface area contributed by atoms with Gasteiger partial charge in [0, 0.05) is 5.69 Å². The monoisotopic (exact) mass is 463 g/mol. The molecule has 0 saturated carbocycles. The van der Waals surface area contributed by atoms with Crippen molar-refractivity contribution in [1.29, 1.82) is 0 Å². The van der Waals surface area contributed by atoms with E-state index in [-0.39, 0.29) is 23.5 Å². The van der Waals surface area contributed by atoms with E-state index in [4.69, 9.17) is 5.73 Å². The maximum Gasteiger partial charge on any atom is 0.232 e. The first-order valence-corrected chi connectivity index (χ1v) is 10.6. The van der Waals surface area contributed by atoms with Crippen LogP contribution in [0.25, 0.3) is 16.7 Å². The number of benzene rings is 2. The summed E-state index contributed by atoms with van der Waals surface area (Å²) in [4.78, 5) is 21.3. The lowest BCUT2D eigenvalue weighted by Gasteiger charge is -2.07. The molecule has 0 saturated heterocycles. The van der Waals surface area contributed by atoms with Gasteiger partial charge in [0.25, 0.3) is 0 Å². The van der Waals surface area contributed by atoms with E-state index < -0.39 is 0 Å². The molecule has 3 N–H and O–H groups in total. The van der Waals surface area contributed by atoms with Crippen LogP contribution in [0.1, 0.15) is 5.82 Å². The fourth-order valence-electron chi connectivity index (χ4n) is 3.06. The molecule has 0 radical (unpaired) electrons. The van der Waals surface area contributed by atoms with E-state index >= 15 is 0 Å². The number of aromatic nitrogens is 7. The van der Waals surface area contributed by atoms with Crippen LogP contribution in [0.2, 0.25) is 0 Å². The van der Waals surface area contributed by atoms with Gasteiger partial charge in [-0.1, -0.05) is 11.8 Å². The Bertz CT molecular complexity index is 1420. The summed E-state index contributed by atoms with van der Waals surface area (Å²) in [5.41, 5.74) is 7.73. The molecule has 0 aliphatic carbocycles. The zero-order chi connectivity index (χ0) is 22.8. The fraction of sp³-hybridized carbons (Fsp3) is 0.0476. The molecule has 0 fully saturated rings. The highest BCUT2D eigenvalue weighted by Gasteiger charge is 2.13. The Morgan fingerprint density at radius 1 is 0.909 bits per heavy atom. The van der Waals surface area contributed by atoms with Crippen LogP contribution in [0, 0.1) is 11.6 Å². The number of nitrogens with one attached hydrogen (secondary N) is 1. The molecular weight excluding hydrogens is 448 g/mol. The molecule has 0 unspecified atom stereocenters. The molecule has 0 aliphatic heterocycles. The number of hydrogen-bond donors (Lipinski definition) is 2. The first-order chi connectivity index (χ1) is 16.0. The Morgan fingerprint density at radius 2 is 1.64 bits per heavy atom. The molecule has 3 aromatic heterocycles. The van der Waals surface area contributed by atoms with Crippen LogP contribution in [0.3, 0.4) is 0 Å². The molecule has 0 bridgehead atoms. The highest BCUT2D eigenvalue weighted by Crippen LogP contribution is 2.28. The van der Waals surface area contributed by atoms with E-state index in [1.54, 1.807) is 35.1 Å². The number of hydrogen-bond acceptors (Lipinski definition) is 9. The molecule has 0 spiro atoms. The minimum Gasteiger partial charge on any atom is -0.368 e. The second-order valence-corrected chi connectivity index (χ2v) is 7.77. The molecule has 12 heteroatoms. The van der Waals surface area contributed by atoms with Gasteiger partial charge in [0.05, 0.1) is 23.0 Å². The third-order valence-electron chi connectivity index (χ3n) is 4.54. The molecule has 0 aliphatic rings. The normalized spacial score (nSPS) is 11.1. The van der Waals surface area contributed by atoms with Crippen LogP contribution < -0.4 is 11.1 Å². The van der Waals surface area contributed by atoms with Crippen molar-refractivity contribution >= 4 is 40.4 Å². The molecule has 0 amide bonds. The van der Waals surface area contributed by atoms with Crippen LogP contribution in [0.5, 0.6) is 0 Å². The third kappa shape index (κ3) is 4.55. The quantitative estimate of drug-likeness (QED) is 0.285. The standard InChI is InChI=1S/C21H15F2N9S/c22-12-1-5-14(6-2-12)28-21-30-17(29-20(24)31-21)10-33-19-16-9-27-32(18(16)25-11-26-19)15-7-3-13(23)4-8-15/h1-9,11H,10H2,(H3,24,28,29,30,31). The second-order valence-electron chi connectivity index (χ2n) is 6.80. The lowest BCUT2D eigenvalue weighted by molar-refractivity contribution is 0.627. The van der Waals surface area contributed by atoms with Gasteiger partial charge >= 0.3 is 0 Å². The van der Waals surface area contributed by atoms with Crippen LogP contribution in [0.4, 0.5) is 26.4 Å². The average molecular weight is 463 g/mol. The highest BCUT2D eigenvalue weighted by atomic mass is 32.2. The average Bonchev–Trinajstić information content (AvgIpc) is 3.24. The number of halogens is 2. The maximum atomic E-state index is 13.3. The van der Waals surface area contributed by atoms with E-state index in [1.807, 2.05) is 0 Å². The van der Waals surface area contributed by atoms with Crippen molar-refractivity contribution in [2.24, 2.45) is 0 Å². The van der Waals surface area contributed by atoms with E-state index in [2.05, 4.69) is 35.3 Å². The highest BCUT2D eigenvalue weighted by molar-refractivity contribution is 7.98. The minimum absolute atomic E-state index is 0.0576. The predicted octanol–water partition coefficient (Wildman–Crippen LogP) is 3.90. The molecule has 164 valence electrons. The number of rotatable bonds is 6. The Hall–Kier alpha value is -4.19. The van der Waals surface area contributed by atoms with Crippen LogP contribution in [-0.4, -0.2) is 34.7 Å². The van der Waals surface area contributed by atoms with Crippen molar-refractivity contribution in [3.05, 3.63) is 78.5 Å². The van der Waals surface area contributed by atoms with Crippen molar-refractivity contribution in [2.75, 3.05) is 11.1 Å². The summed E-state index contributed by atoms with van der Waals surface area (Å²) in [5.74, 6) is 0.440. The van der Waals surface area contributed by atoms with Crippen molar-refractivity contribution in [2.45, 2.75) is 10.8 Å². The summed E-state index contributed by atoms with van der Waals surface area (Å²) in [6.45, 7) is 0. The van der Waals surface area contributed by atoms with Crippen molar-refractivity contribution in [3.63, 3.8) is 0 Å². The van der Waals surface area contributed by atoms with Gasteiger partial charge in [-0.15, -0.1) is 0 Å². The Balaban J connectivity index is 1.37. The SMILES string of the molecule is Nc1nc(CSc2ncnc3c2cnn3-c2ccc(F)cc2)nc(Nc2ccc(F)cc2)n1. The first kappa shape index (κ1) is 20.7. The van der Waals surface area contributed by atoms with Crippen molar-refractivity contribution < 1.29 is 8.78 Å². The third-order valence-corrected chi connectivity index (χ3v) is 5.54. The van der Waals surface area contributed by atoms with Crippen LogP contribution in [-0.2, 0) is 5.75 Å². The van der Waals surface area contributed by atoms with Crippen molar-refractivity contribution in [1.82, 2.24) is 34.7 Å². The molecule has 3 heterocycles. The largest absolute Gasteiger partial charge is 0.368 e. The summed E-state index contributed by atoms with van der Waals surface area (Å²) in [6.07, 6.45) is 3.10. The molecule has 2 aromatic carbocycles. The summed E-state index contributed by atoms with van der Waals surface area (Å²) < 4.78 is 28.0. The molecule has 33 heavy (non-hydrogen) atoms. The van der Waals surface area contributed by atoms with Gasteiger partial charge in [-0.2, -0.15) is 20.1 Å². The maximum absolute atomic E-state index is 13.3. The Kier molecular flexibility index (Phi) is 5.48. The van der Waals surface area contributed by atoms with Crippen molar-refractivity contribution in [3.8, 4) is 5.69 Å². The first-order valence-electron chi connectivity index (χ1n) is 9.66. The van der Waals surface area contributed by atoms with Gasteiger partial charge in [0.2, 0.25) is 11.9 Å². The summed E-state index contributed by atoms with van der Waals surface area (Å²) in [7, 11) is 0. The van der Waals surface area contributed by atoms with Crippen LogP contribution >= 0.6 is 11.8 Å². The molecule has 5 rings (SSSR count). The van der Waals surface area contributed by atoms with E-state index in [0.717, 1.165) is 5.39 Å². The fourth-order valence-corrected chi connectivity index (χ4v) is 3.88. The lowest BCUT2D eigenvalue weighted by atomic mass is 10.3. The number of anilines is 3. The zero-order valence-electron chi connectivity index (χ0n) is 16.9.